The van der Waals surface area contributed by atoms with Crippen LogP contribution in [0.15, 0.2) is 0 Å². The predicted molar refractivity (Wildman–Crippen MR) is 42.3 cm³/mol. The van der Waals surface area contributed by atoms with E-state index in [0.29, 0.717) is 0 Å². The summed E-state index contributed by atoms with van der Waals surface area (Å²) in [7, 11) is 0. The number of carboxylic acids is 1. The summed E-state index contributed by atoms with van der Waals surface area (Å²) in [6.45, 7) is 0.888. The van der Waals surface area contributed by atoms with Crippen LogP contribution in [0.3, 0.4) is 0 Å². The van der Waals surface area contributed by atoms with Crippen LogP contribution in [0, 0.1) is 0 Å². The Morgan fingerprint density at radius 2 is 1.79 bits per heavy atom. The van der Waals surface area contributed by atoms with Gasteiger partial charge in [-0.2, -0.15) is 0 Å². The number of carbonyl (C=O) groups is 2. The van der Waals surface area contributed by atoms with Crippen LogP contribution in [-0.2, 0) is 14.3 Å². The summed E-state index contributed by atoms with van der Waals surface area (Å²) in [5.74, 6) is -3.02. The molecule has 0 aromatic carbocycles. The molecule has 0 radical (unpaired) electrons. The summed E-state index contributed by atoms with van der Waals surface area (Å²) in [5.41, 5.74) is 0. The van der Waals surface area contributed by atoms with Crippen molar-refractivity contribution in [2.75, 3.05) is 6.61 Å². The van der Waals surface area contributed by atoms with Crippen LogP contribution in [-0.4, -0.2) is 57.3 Å². The summed E-state index contributed by atoms with van der Waals surface area (Å²) in [6, 6.07) is 0. The molecular weight excluding hydrogens is 196 g/mol. The minimum Gasteiger partial charge on any atom is -0.479 e. The van der Waals surface area contributed by atoms with Crippen LogP contribution in [0.2, 0.25) is 0 Å². The SMILES string of the molecule is CC(CO)OC(=O)C(O)C(O)C(=O)O. The van der Waals surface area contributed by atoms with E-state index in [1.807, 2.05) is 0 Å². The Hall–Kier alpha value is -1.18. The van der Waals surface area contributed by atoms with Gasteiger partial charge in [0, 0.05) is 0 Å². The van der Waals surface area contributed by atoms with Gasteiger partial charge in [-0.1, -0.05) is 0 Å². The van der Waals surface area contributed by atoms with Gasteiger partial charge in [-0.05, 0) is 6.92 Å². The monoisotopic (exact) mass is 208 g/mol. The van der Waals surface area contributed by atoms with Crippen molar-refractivity contribution in [1.29, 1.82) is 0 Å². The van der Waals surface area contributed by atoms with E-state index in [1.165, 1.54) is 6.92 Å². The van der Waals surface area contributed by atoms with Crippen molar-refractivity contribution in [2.45, 2.75) is 25.2 Å². The lowest BCUT2D eigenvalue weighted by Crippen LogP contribution is -2.41. The second kappa shape index (κ2) is 5.53. The average molecular weight is 208 g/mol. The van der Waals surface area contributed by atoms with Gasteiger partial charge in [0.1, 0.15) is 6.10 Å². The Bertz CT molecular complexity index is 214. The quantitative estimate of drug-likeness (QED) is 0.375. The van der Waals surface area contributed by atoms with Crippen LogP contribution in [0.5, 0.6) is 0 Å². The van der Waals surface area contributed by atoms with E-state index >= 15 is 0 Å². The highest BCUT2D eigenvalue weighted by molar-refractivity contribution is 5.84. The summed E-state index contributed by atoms with van der Waals surface area (Å²) >= 11 is 0. The summed E-state index contributed by atoms with van der Waals surface area (Å²) in [4.78, 5) is 21.0. The normalized spacial score (nSPS) is 16.9. The molecule has 0 aromatic heterocycles. The van der Waals surface area contributed by atoms with E-state index in [1.54, 1.807) is 0 Å². The molecule has 3 unspecified atom stereocenters. The Morgan fingerprint density at radius 1 is 1.29 bits per heavy atom. The molecule has 0 amide bonds. The highest BCUT2D eigenvalue weighted by atomic mass is 16.6. The fourth-order valence-electron chi connectivity index (χ4n) is 0.569. The fraction of sp³-hybridized carbons (Fsp3) is 0.714. The summed E-state index contributed by atoms with van der Waals surface area (Å²) in [6.07, 6.45) is -5.24. The highest BCUT2D eigenvalue weighted by Gasteiger charge is 2.32. The first kappa shape index (κ1) is 12.8. The molecule has 0 aromatic rings. The first-order chi connectivity index (χ1) is 6.40. The Kier molecular flexibility index (Phi) is 5.06. The highest BCUT2D eigenvalue weighted by Crippen LogP contribution is 2.00. The van der Waals surface area contributed by atoms with Gasteiger partial charge in [0.25, 0.3) is 0 Å². The lowest BCUT2D eigenvalue weighted by Gasteiger charge is -2.15. The number of carboxylic acid groups (broad SMARTS) is 1. The Labute approximate surface area is 79.5 Å². The standard InChI is InChI=1S/C7H12O7/c1-3(2-8)14-7(13)5(10)4(9)6(11)12/h3-5,8-10H,2H2,1H3,(H,11,12). The number of aliphatic hydroxyl groups is 3. The Morgan fingerprint density at radius 3 is 2.14 bits per heavy atom. The molecule has 7 nitrogen and oxygen atoms in total. The number of rotatable bonds is 5. The second-order valence-corrected chi connectivity index (χ2v) is 2.66. The van der Waals surface area contributed by atoms with E-state index in [0.717, 1.165) is 0 Å². The van der Waals surface area contributed by atoms with Crippen molar-refractivity contribution < 1.29 is 34.8 Å². The fourth-order valence-corrected chi connectivity index (χ4v) is 0.569. The van der Waals surface area contributed by atoms with E-state index in [4.69, 9.17) is 20.4 Å². The summed E-state index contributed by atoms with van der Waals surface area (Å²) in [5, 5.41) is 34.4. The second-order valence-electron chi connectivity index (χ2n) is 2.66. The van der Waals surface area contributed by atoms with E-state index in [9.17, 15) is 9.59 Å². The molecule has 4 N–H and O–H groups in total. The van der Waals surface area contributed by atoms with Crippen molar-refractivity contribution >= 4 is 11.9 Å². The number of esters is 1. The zero-order chi connectivity index (χ0) is 11.3. The molecule has 14 heavy (non-hydrogen) atoms. The first-order valence-electron chi connectivity index (χ1n) is 3.80. The third kappa shape index (κ3) is 3.69. The first-order valence-corrected chi connectivity index (χ1v) is 3.80. The van der Waals surface area contributed by atoms with Crippen LogP contribution >= 0.6 is 0 Å². The lowest BCUT2D eigenvalue weighted by atomic mass is 10.2. The molecule has 0 saturated carbocycles. The summed E-state index contributed by atoms with van der Waals surface area (Å²) < 4.78 is 4.37. The van der Waals surface area contributed by atoms with Gasteiger partial charge in [0.05, 0.1) is 6.61 Å². The molecule has 3 atom stereocenters. The van der Waals surface area contributed by atoms with Crippen LogP contribution < -0.4 is 0 Å². The third-order valence-electron chi connectivity index (χ3n) is 1.37. The van der Waals surface area contributed by atoms with Crippen molar-refractivity contribution in [3.63, 3.8) is 0 Å². The number of aliphatic hydroxyl groups excluding tert-OH is 3. The molecular formula is C7H12O7. The molecule has 0 aliphatic rings. The van der Waals surface area contributed by atoms with Gasteiger partial charge in [-0.15, -0.1) is 0 Å². The molecule has 0 aliphatic carbocycles. The van der Waals surface area contributed by atoms with Crippen molar-refractivity contribution in [1.82, 2.24) is 0 Å². The molecule has 0 fully saturated rings. The van der Waals surface area contributed by atoms with Gasteiger partial charge in [-0.3, -0.25) is 0 Å². The number of aliphatic carboxylic acids is 1. The van der Waals surface area contributed by atoms with Crippen molar-refractivity contribution in [3.05, 3.63) is 0 Å². The molecule has 0 aliphatic heterocycles. The molecule has 0 rings (SSSR count). The van der Waals surface area contributed by atoms with Crippen LogP contribution in [0.1, 0.15) is 6.92 Å². The largest absolute Gasteiger partial charge is 0.479 e. The maximum absolute atomic E-state index is 10.9. The van der Waals surface area contributed by atoms with Gasteiger partial charge in [0.2, 0.25) is 0 Å². The third-order valence-corrected chi connectivity index (χ3v) is 1.37. The van der Waals surface area contributed by atoms with Crippen LogP contribution in [0.4, 0.5) is 0 Å². The molecule has 0 saturated heterocycles. The molecule has 0 bridgehead atoms. The molecule has 0 spiro atoms. The van der Waals surface area contributed by atoms with E-state index in [2.05, 4.69) is 4.74 Å². The molecule has 0 heterocycles. The number of carbonyl (C=O) groups excluding carboxylic acids is 1. The molecule has 7 heteroatoms. The van der Waals surface area contributed by atoms with E-state index in [-0.39, 0.29) is 0 Å². The van der Waals surface area contributed by atoms with Gasteiger partial charge in [-0.25, -0.2) is 9.59 Å². The lowest BCUT2D eigenvalue weighted by molar-refractivity contribution is -0.174. The smallest absolute Gasteiger partial charge is 0.338 e. The number of hydrogen-bond acceptors (Lipinski definition) is 6. The van der Waals surface area contributed by atoms with Crippen LogP contribution in [0.25, 0.3) is 0 Å². The minimum absolute atomic E-state index is 0.457. The number of hydrogen-bond donors (Lipinski definition) is 4. The van der Waals surface area contributed by atoms with Gasteiger partial charge in [0.15, 0.2) is 12.2 Å². The van der Waals surface area contributed by atoms with Gasteiger partial charge >= 0.3 is 11.9 Å². The maximum atomic E-state index is 10.9. The van der Waals surface area contributed by atoms with Crippen molar-refractivity contribution in [3.8, 4) is 0 Å². The zero-order valence-corrected chi connectivity index (χ0v) is 7.45. The minimum atomic E-state index is -2.23. The topological polar surface area (TPSA) is 124 Å². The maximum Gasteiger partial charge on any atom is 0.338 e. The predicted octanol–water partition coefficient (Wildman–Crippen LogP) is -2.28. The zero-order valence-electron chi connectivity index (χ0n) is 7.45. The molecule has 82 valence electrons. The Balaban J connectivity index is 4.18. The van der Waals surface area contributed by atoms with Gasteiger partial charge < -0.3 is 25.2 Å². The average Bonchev–Trinajstić information content (AvgIpc) is 2.14. The van der Waals surface area contributed by atoms with E-state index < -0.39 is 36.9 Å². The number of ether oxygens (including phenoxy) is 1. The van der Waals surface area contributed by atoms with Crippen molar-refractivity contribution in [2.24, 2.45) is 0 Å².